The van der Waals surface area contributed by atoms with Gasteiger partial charge in [-0.05, 0) is 47.5 Å². The molecule has 0 saturated carbocycles. The van der Waals surface area contributed by atoms with Crippen LogP contribution in [0.5, 0.6) is 11.5 Å². The van der Waals surface area contributed by atoms with E-state index in [1.807, 2.05) is 0 Å². The van der Waals surface area contributed by atoms with Crippen molar-refractivity contribution in [1.82, 2.24) is 0 Å². The first-order chi connectivity index (χ1) is 9.73. The fourth-order valence-corrected chi connectivity index (χ4v) is 2.00. The number of carbonyl (C=O) groups excluding carboxylic acids is 2. The van der Waals surface area contributed by atoms with Crippen LogP contribution in [0.3, 0.4) is 0 Å². The lowest BCUT2D eigenvalue weighted by Gasteiger charge is -2.11. The molecule has 0 heterocycles. The summed E-state index contributed by atoms with van der Waals surface area (Å²) in [5.74, 6) is 1.23. The summed E-state index contributed by atoms with van der Waals surface area (Å²) in [6.07, 6.45) is 1.51. The first-order valence-electron chi connectivity index (χ1n) is 6.00. The second-order valence-corrected chi connectivity index (χ2v) is 4.14. The minimum absolute atomic E-state index is 0.488. The van der Waals surface area contributed by atoms with Crippen LogP contribution < -0.4 is 9.47 Å². The largest absolute Gasteiger partial charge is 0.497 e. The molecular formula is C16H14O4. The van der Waals surface area contributed by atoms with Gasteiger partial charge in [0.05, 0.1) is 14.2 Å². The Morgan fingerprint density at radius 2 is 1.15 bits per heavy atom. The summed E-state index contributed by atoms with van der Waals surface area (Å²) in [4.78, 5) is 22.4. The topological polar surface area (TPSA) is 52.6 Å². The van der Waals surface area contributed by atoms with Crippen molar-refractivity contribution >= 4 is 12.6 Å². The van der Waals surface area contributed by atoms with E-state index in [1.54, 1.807) is 50.6 Å². The molecule has 0 aliphatic carbocycles. The Balaban J connectivity index is 2.70. The van der Waals surface area contributed by atoms with Crippen LogP contribution in [0.4, 0.5) is 0 Å². The van der Waals surface area contributed by atoms with E-state index in [4.69, 9.17) is 9.47 Å². The fraction of sp³-hybridized carbons (Fsp3) is 0.125. The van der Waals surface area contributed by atoms with Crippen LogP contribution in [0, 0.1) is 0 Å². The Labute approximate surface area is 116 Å². The molecule has 2 aromatic carbocycles. The molecule has 2 rings (SSSR count). The van der Waals surface area contributed by atoms with E-state index in [0.29, 0.717) is 33.8 Å². The molecule has 4 nitrogen and oxygen atoms in total. The quantitative estimate of drug-likeness (QED) is 0.784. The van der Waals surface area contributed by atoms with Gasteiger partial charge in [-0.2, -0.15) is 0 Å². The normalized spacial score (nSPS) is 9.90. The molecule has 0 amide bonds. The van der Waals surface area contributed by atoms with E-state index in [-0.39, 0.29) is 0 Å². The summed E-state index contributed by atoms with van der Waals surface area (Å²) in [6.45, 7) is 0. The van der Waals surface area contributed by atoms with Crippen LogP contribution in [0.1, 0.15) is 20.7 Å². The zero-order chi connectivity index (χ0) is 14.5. The van der Waals surface area contributed by atoms with Gasteiger partial charge in [0.25, 0.3) is 0 Å². The third-order valence-electron chi connectivity index (χ3n) is 3.07. The van der Waals surface area contributed by atoms with Crippen molar-refractivity contribution in [3.05, 3.63) is 47.5 Å². The summed E-state index contributed by atoms with van der Waals surface area (Å²) in [7, 11) is 3.10. The molecule has 20 heavy (non-hydrogen) atoms. The zero-order valence-electron chi connectivity index (χ0n) is 11.3. The number of carbonyl (C=O) groups is 2. The van der Waals surface area contributed by atoms with Crippen LogP contribution in [0.15, 0.2) is 36.4 Å². The monoisotopic (exact) mass is 270 g/mol. The lowest BCUT2D eigenvalue weighted by atomic mass is 9.96. The molecule has 0 aliphatic heterocycles. The molecule has 0 bridgehead atoms. The van der Waals surface area contributed by atoms with Crippen LogP contribution in [0.25, 0.3) is 11.1 Å². The first-order valence-corrected chi connectivity index (χ1v) is 6.00. The zero-order valence-corrected chi connectivity index (χ0v) is 11.3. The smallest absolute Gasteiger partial charge is 0.150 e. The second kappa shape index (κ2) is 6.02. The maximum Gasteiger partial charge on any atom is 0.150 e. The Morgan fingerprint density at radius 3 is 1.45 bits per heavy atom. The van der Waals surface area contributed by atoms with Gasteiger partial charge in [0.1, 0.15) is 11.5 Å². The van der Waals surface area contributed by atoms with Crippen molar-refractivity contribution < 1.29 is 19.1 Å². The number of hydrogen-bond acceptors (Lipinski definition) is 4. The van der Waals surface area contributed by atoms with Crippen LogP contribution in [0.2, 0.25) is 0 Å². The molecule has 0 N–H and O–H groups in total. The molecule has 0 unspecified atom stereocenters. The maximum absolute atomic E-state index is 11.2. The van der Waals surface area contributed by atoms with Crippen LogP contribution in [-0.4, -0.2) is 26.8 Å². The fourth-order valence-electron chi connectivity index (χ4n) is 2.00. The number of rotatable bonds is 5. The molecule has 4 heteroatoms. The average Bonchev–Trinajstić information content (AvgIpc) is 2.53. The van der Waals surface area contributed by atoms with E-state index < -0.39 is 0 Å². The van der Waals surface area contributed by atoms with E-state index in [1.165, 1.54) is 0 Å². The Kier molecular flexibility index (Phi) is 4.15. The van der Waals surface area contributed by atoms with Crippen molar-refractivity contribution in [3.63, 3.8) is 0 Å². The van der Waals surface area contributed by atoms with Gasteiger partial charge in [-0.1, -0.05) is 0 Å². The summed E-state index contributed by atoms with van der Waals surface area (Å²) >= 11 is 0. The highest BCUT2D eigenvalue weighted by Crippen LogP contribution is 2.32. The molecule has 0 aliphatic rings. The van der Waals surface area contributed by atoms with Gasteiger partial charge in [0, 0.05) is 11.1 Å². The van der Waals surface area contributed by atoms with Gasteiger partial charge in [-0.25, -0.2) is 0 Å². The number of benzene rings is 2. The van der Waals surface area contributed by atoms with E-state index >= 15 is 0 Å². The van der Waals surface area contributed by atoms with E-state index in [9.17, 15) is 9.59 Å². The van der Waals surface area contributed by atoms with Gasteiger partial charge < -0.3 is 9.47 Å². The van der Waals surface area contributed by atoms with Crippen molar-refractivity contribution in [1.29, 1.82) is 0 Å². The van der Waals surface area contributed by atoms with Gasteiger partial charge >= 0.3 is 0 Å². The van der Waals surface area contributed by atoms with Crippen molar-refractivity contribution in [3.8, 4) is 22.6 Å². The minimum atomic E-state index is 0.488. The molecule has 0 spiro atoms. The van der Waals surface area contributed by atoms with Crippen molar-refractivity contribution in [2.45, 2.75) is 0 Å². The Hall–Kier alpha value is -2.62. The molecule has 0 radical (unpaired) electrons. The predicted octanol–water partition coefficient (Wildman–Crippen LogP) is 3.00. The SMILES string of the molecule is COc1ccc(C=O)c(-c2cc(OC)ccc2C=O)c1. The summed E-state index contributed by atoms with van der Waals surface area (Å²) in [5.41, 5.74) is 2.25. The minimum Gasteiger partial charge on any atom is -0.497 e. The van der Waals surface area contributed by atoms with Crippen molar-refractivity contribution in [2.75, 3.05) is 14.2 Å². The second-order valence-electron chi connectivity index (χ2n) is 4.14. The van der Waals surface area contributed by atoms with Gasteiger partial charge in [-0.3, -0.25) is 9.59 Å². The molecule has 0 aromatic heterocycles. The standard InChI is InChI=1S/C16H14O4/c1-19-13-5-3-11(9-17)15(7-13)16-8-14(20-2)6-4-12(16)10-18/h3-10H,1-2H3. The molecule has 0 saturated heterocycles. The summed E-state index contributed by atoms with van der Waals surface area (Å²) < 4.78 is 10.3. The Morgan fingerprint density at radius 1 is 0.750 bits per heavy atom. The maximum atomic E-state index is 11.2. The van der Waals surface area contributed by atoms with Crippen LogP contribution >= 0.6 is 0 Å². The third-order valence-corrected chi connectivity index (χ3v) is 3.07. The lowest BCUT2D eigenvalue weighted by Crippen LogP contribution is -1.95. The van der Waals surface area contributed by atoms with E-state index in [0.717, 1.165) is 12.6 Å². The molecular weight excluding hydrogens is 256 g/mol. The molecule has 2 aromatic rings. The predicted molar refractivity (Wildman–Crippen MR) is 75.8 cm³/mol. The number of aldehydes is 2. The van der Waals surface area contributed by atoms with Gasteiger partial charge in [0.15, 0.2) is 12.6 Å². The highest BCUT2D eigenvalue weighted by Gasteiger charge is 2.12. The summed E-state index contributed by atoms with van der Waals surface area (Å²) in [5, 5.41) is 0. The number of methoxy groups -OCH3 is 2. The summed E-state index contributed by atoms with van der Waals surface area (Å²) in [6, 6.07) is 10.2. The highest BCUT2D eigenvalue weighted by molar-refractivity contribution is 5.95. The Bertz CT molecular complexity index is 589. The number of ether oxygens (including phenoxy) is 2. The lowest BCUT2D eigenvalue weighted by molar-refractivity contribution is 0.111. The van der Waals surface area contributed by atoms with Crippen molar-refractivity contribution in [2.24, 2.45) is 0 Å². The first kappa shape index (κ1) is 13.8. The molecule has 102 valence electrons. The number of hydrogen-bond donors (Lipinski definition) is 0. The highest BCUT2D eigenvalue weighted by atomic mass is 16.5. The average molecular weight is 270 g/mol. The van der Waals surface area contributed by atoms with Gasteiger partial charge in [-0.15, -0.1) is 0 Å². The third kappa shape index (κ3) is 2.54. The van der Waals surface area contributed by atoms with E-state index in [2.05, 4.69) is 0 Å². The molecule has 0 atom stereocenters. The van der Waals surface area contributed by atoms with Gasteiger partial charge in [0.2, 0.25) is 0 Å². The van der Waals surface area contributed by atoms with Crippen LogP contribution in [-0.2, 0) is 0 Å². The molecule has 0 fully saturated rings.